The van der Waals surface area contributed by atoms with Crippen molar-refractivity contribution < 1.29 is 14.3 Å². The molecule has 0 radical (unpaired) electrons. The summed E-state index contributed by atoms with van der Waals surface area (Å²) in [4.78, 5) is 29.2. The smallest absolute Gasteiger partial charge is 0.227 e. The molecule has 1 atom stereocenters. The van der Waals surface area contributed by atoms with Crippen molar-refractivity contribution in [1.29, 1.82) is 0 Å². The monoisotopic (exact) mass is 409 g/mol. The zero-order chi connectivity index (χ0) is 19.1. The number of benzene rings is 1. The molecule has 2 heterocycles. The standard InChI is InChI=1S/C21H31N3O3.ClH/c1-23(18-9-12-22-13-10-18)21(26)17-6-5-14-24(16-17)20(25)11-15-27-19-7-3-2-4-8-19;/h2-4,7-8,17-18,22H,5-6,9-16H2,1H3;1H. The van der Waals surface area contributed by atoms with Crippen molar-refractivity contribution in [3.8, 4) is 5.75 Å². The lowest BCUT2D eigenvalue weighted by atomic mass is 9.94. The lowest BCUT2D eigenvalue weighted by Crippen LogP contribution is -2.50. The average Bonchev–Trinajstić information content (AvgIpc) is 2.74. The number of hydrogen-bond donors (Lipinski definition) is 1. The van der Waals surface area contributed by atoms with Gasteiger partial charge < -0.3 is 19.9 Å². The number of likely N-dealkylation sites (tertiary alicyclic amines) is 1. The molecule has 0 aliphatic carbocycles. The normalized spacial score (nSPS) is 20.2. The number of rotatable bonds is 6. The van der Waals surface area contributed by atoms with Crippen molar-refractivity contribution in [2.75, 3.05) is 39.8 Å². The van der Waals surface area contributed by atoms with E-state index >= 15 is 0 Å². The van der Waals surface area contributed by atoms with Crippen LogP contribution in [0.15, 0.2) is 30.3 Å². The minimum atomic E-state index is -0.0716. The first-order chi connectivity index (χ1) is 13.1. The Kier molecular flexibility index (Phi) is 9.06. The van der Waals surface area contributed by atoms with Gasteiger partial charge in [0.1, 0.15) is 5.75 Å². The third kappa shape index (κ3) is 6.11. The number of para-hydroxylation sites is 1. The van der Waals surface area contributed by atoms with Crippen LogP contribution in [0.1, 0.15) is 32.1 Å². The number of hydrogen-bond acceptors (Lipinski definition) is 4. The van der Waals surface area contributed by atoms with Crippen molar-refractivity contribution in [2.24, 2.45) is 5.92 Å². The molecule has 1 aromatic rings. The summed E-state index contributed by atoms with van der Waals surface area (Å²) in [6, 6.07) is 9.86. The Morgan fingerprint density at radius 2 is 1.89 bits per heavy atom. The molecule has 1 aromatic carbocycles. The van der Waals surface area contributed by atoms with E-state index in [9.17, 15) is 9.59 Å². The highest BCUT2D eigenvalue weighted by atomic mass is 35.5. The third-order valence-corrected chi connectivity index (χ3v) is 5.66. The number of carbonyl (C=O) groups excluding carboxylic acids is 2. The number of piperidine rings is 2. The van der Waals surface area contributed by atoms with Gasteiger partial charge in [0.2, 0.25) is 11.8 Å². The van der Waals surface area contributed by atoms with Crippen molar-refractivity contribution in [3.63, 3.8) is 0 Å². The SMILES string of the molecule is CN(C(=O)C1CCCN(C(=O)CCOc2ccccc2)C1)C1CCNCC1.Cl. The van der Waals surface area contributed by atoms with Gasteiger partial charge in [-0.25, -0.2) is 0 Å². The van der Waals surface area contributed by atoms with E-state index < -0.39 is 0 Å². The number of nitrogens with zero attached hydrogens (tertiary/aromatic N) is 2. The van der Waals surface area contributed by atoms with Gasteiger partial charge in [-0.3, -0.25) is 9.59 Å². The summed E-state index contributed by atoms with van der Waals surface area (Å²) in [5.74, 6) is 0.978. The van der Waals surface area contributed by atoms with Crippen LogP contribution in [0.5, 0.6) is 5.75 Å². The molecule has 28 heavy (non-hydrogen) atoms. The molecule has 7 heteroatoms. The highest BCUT2D eigenvalue weighted by Gasteiger charge is 2.32. The summed E-state index contributed by atoms with van der Waals surface area (Å²) in [6.07, 6.45) is 4.13. The van der Waals surface area contributed by atoms with Crippen LogP contribution in [-0.4, -0.2) is 67.5 Å². The van der Waals surface area contributed by atoms with E-state index in [4.69, 9.17) is 4.74 Å². The molecular weight excluding hydrogens is 378 g/mol. The molecule has 156 valence electrons. The van der Waals surface area contributed by atoms with Crippen LogP contribution in [0.4, 0.5) is 0 Å². The van der Waals surface area contributed by atoms with E-state index in [1.54, 1.807) is 0 Å². The van der Waals surface area contributed by atoms with Crippen LogP contribution < -0.4 is 10.1 Å². The molecule has 6 nitrogen and oxygen atoms in total. The summed E-state index contributed by atoms with van der Waals surface area (Å²) < 4.78 is 5.63. The number of amides is 2. The van der Waals surface area contributed by atoms with Crippen LogP contribution in [0.3, 0.4) is 0 Å². The fourth-order valence-corrected chi connectivity index (χ4v) is 4.00. The van der Waals surface area contributed by atoms with E-state index in [-0.39, 0.29) is 30.1 Å². The van der Waals surface area contributed by atoms with Gasteiger partial charge in [0.25, 0.3) is 0 Å². The quantitative estimate of drug-likeness (QED) is 0.783. The van der Waals surface area contributed by atoms with Gasteiger partial charge in [-0.05, 0) is 50.9 Å². The maximum absolute atomic E-state index is 12.9. The molecule has 0 bridgehead atoms. The number of halogens is 1. The molecule has 2 amide bonds. The molecule has 1 unspecified atom stereocenters. The van der Waals surface area contributed by atoms with Crippen LogP contribution in [0, 0.1) is 5.92 Å². The van der Waals surface area contributed by atoms with Crippen molar-refractivity contribution in [2.45, 2.75) is 38.1 Å². The van der Waals surface area contributed by atoms with E-state index in [0.29, 0.717) is 25.6 Å². The summed E-state index contributed by atoms with van der Waals surface area (Å²) >= 11 is 0. The number of nitrogens with one attached hydrogen (secondary N) is 1. The first kappa shape index (κ1) is 22.5. The first-order valence-corrected chi connectivity index (χ1v) is 10.1. The highest BCUT2D eigenvalue weighted by molar-refractivity contribution is 5.85. The Morgan fingerprint density at radius 1 is 1.18 bits per heavy atom. The molecule has 3 rings (SSSR count). The fourth-order valence-electron chi connectivity index (χ4n) is 4.00. The molecule has 2 saturated heterocycles. The first-order valence-electron chi connectivity index (χ1n) is 10.1. The maximum Gasteiger partial charge on any atom is 0.227 e. The van der Waals surface area contributed by atoms with Crippen molar-refractivity contribution in [3.05, 3.63) is 30.3 Å². The molecule has 2 aliphatic rings. The molecule has 2 aliphatic heterocycles. The molecular formula is C21H32ClN3O3. The van der Waals surface area contributed by atoms with Gasteiger partial charge in [-0.2, -0.15) is 0 Å². The third-order valence-electron chi connectivity index (χ3n) is 5.66. The largest absolute Gasteiger partial charge is 0.493 e. The second kappa shape index (κ2) is 11.3. The van der Waals surface area contributed by atoms with E-state index in [1.165, 1.54) is 0 Å². The summed E-state index contributed by atoms with van der Waals surface area (Å²) in [5, 5.41) is 3.34. The zero-order valence-corrected chi connectivity index (χ0v) is 17.5. The maximum atomic E-state index is 12.9. The van der Waals surface area contributed by atoms with Gasteiger partial charge in [0.15, 0.2) is 0 Å². The van der Waals surface area contributed by atoms with Crippen LogP contribution in [-0.2, 0) is 9.59 Å². The predicted octanol–water partition coefficient (Wildman–Crippen LogP) is 2.33. The fraction of sp³-hybridized carbons (Fsp3) is 0.619. The van der Waals surface area contributed by atoms with Crippen LogP contribution in [0.25, 0.3) is 0 Å². The summed E-state index contributed by atoms with van der Waals surface area (Å²) in [6.45, 7) is 3.59. The summed E-state index contributed by atoms with van der Waals surface area (Å²) in [7, 11) is 1.92. The lowest BCUT2D eigenvalue weighted by Gasteiger charge is -2.37. The number of carbonyl (C=O) groups is 2. The number of ether oxygens (including phenoxy) is 1. The van der Waals surface area contributed by atoms with Gasteiger partial charge in [0, 0.05) is 26.2 Å². The van der Waals surface area contributed by atoms with Crippen LogP contribution >= 0.6 is 12.4 Å². The van der Waals surface area contributed by atoms with E-state index in [2.05, 4.69) is 5.32 Å². The Hall–Kier alpha value is -1.79. The molecule has 2 fully saturated rings. The van der Waals surface area contributed by atoms with Gasteiger partial charge in [0.05, 0.1) is 18.9 Å². The van der Waals surface area contributed by atoms with E-state index in [0.717, 1.165) is 51.1 Å². The molecule has 0 spiro atoms. The van der Waals surface area contributed by atoms with Crippen molar-refractivity contribution in [1.82, 2.24) is 15.1 Å². The summed E-state index contributed by atoms with van der Waals surface area (Å²) in [5.41, 5.74) is 0. The molecule has 0 aromatic heterocycles. The molecule has 1 N–H and O–H groups in total. The van der Waals surface area contributed by atoms with Crippen molar-refractivity contribution >= 4 is 24.2 Å². The van der Waals surface area contributed by atoms with Gasteiger partial charge >= 0.3 is 0 Å². The Labute approximate surface area is 174 Å². The molecule has 0 saturated carbocycles. The van der Waals surface area contributed by atoms with Gasteiger partial charge in [-0.1, -0.05) is 18.2 Å². The lowest BCUT2D eigenvalue weighted by molar-refractivity contribution is -0.142. The second-order valence-corrected chi connectivity index (χ2v) is 7.52. The van der Waals surface area contributed by atoms with Gasteiger partial charge in [-0.15, -0.1) is 12.4 Å². The zero-order valence-electron chi connectivity index (χ0n) is 16.6. The average molecular weight is 410 g/mol. The Balaban J connectivity index is 0.00000280. The Bertz CT molecular complexity index is 623. The predicted molar refractivity (Wildman–Crippen MR) is 112 cm³/mol. The second-order valence-electron chi connectivity index (χ2n) is 7.52. The highest BCUT2D eigenvalue weighted by Crippen LogP contribution is 2.22. The van der Waals surface area contributed by atoms with Crippen LogP contribution in [0.2, 0.25) is 0 Å². The topological polar surface area (TPSA) is 61.9 Å². The Morgan fingerprint density at radius 3 is 2.61 bits per heavy atom. The minimum Gasteiger partial charge on any atom is -0.493 e. The minimum absolute atomic E-state index is 0. The van der Waals surface area contributed by atoms with E-state index in [1.807, 2.05) is 47.2 Å².